The van der Waals surface area contributed by atoms with Crippen molar-refractivity contribution in [1.29, 1.82) is 0 Å². The first-order valence-electron chi connectivity index (χ1n) is 14.8. The van der Waals surface area contributed by atoms with Gasteiger partial charge in [-0.2, -0.15) is 0 Å². The molecule has 2 heterocycles. The van der Waals surface area contributed by atoms with Crippen LogP contribution >= 0.6 is 0 Å². The number of hydrogen-bond donors (Lipinski definition) is 3. The number of fused-ring (bicyclic) bond motifs is 1. The van der Waals surface area contributed by atoms with Gasteiger partial charge < -0.3 is 25.2 Å². The molecule has 1 aliphatic heterocycles. The second kappa shape index (κ2) is 13.7. The Morgan fingerprint density at radius 1 is 1.13 bits per heavy atom. The zero-order chi connectivity index (χ0) is 32.0. The number of aliphatic hydroxyl groups excluding tert-OH is 1. The number of methoxy groups -OCH3 is 1. The Bertz CT molecular complexity index is 1680. The van der Waals surface area contributed by atoms with E-state index in [1.807, 2.05) is 48.7 Å². The Morgan fingerprint density at radius 3 is 2.58 bits per heavy atom. The highest BCUT2D eigenvalue weighted by Gasteiger charge is 2.52. The molecule has 0 fully saturated rings. The maximum absolute atomic E-state index is 13.6. The van der Waals surface area contributed by atoms with Crippen molar-refractivity contribution >= 4 is 23.2 Å². The fraction of sp³-hybridized carbons (Fsp3) is 0.257. The summed E-state index contributed by atoms with van der Waals surface area (Å²) in [6.45, 7) is 6.23. The number of amides is 2. The third-order valence-electron chi connectivity index (χ3n) is 8.10. The summed E-state index contributed by atoms with van der Waals surface area (Å²) in [7, 11) is 1.56. The first-order valence-corrected chi connectivity index (χ1v) is 14.8. The van der Waals surface area contributed by atoms with Crippen molar-refractivity contribution in [3.8, 4) is 5.75 Å². The van der Waals surface area contributed by atoms with Gasteiger partial charge in [-0.3, -0.25) is 14.3 Å². The van der Waals surface area contributed by atoms with Gasteiger partial charge >= 0.3 is 0 Å². The van der Waals surface area contributed by atoms with Crippen LogP contribution in [0.5, 0.6) is 5.75 Å². The van der Waals surface area contributed by atoms with Crippen LogP contribution in [-0.4, -0.2) is 57.3 Å². The van der Waals surface area contributed by atoms with Crippen LogP contribution in [0.3, 0.4) is 0 Å². The number of aryl methyl sites for hydroxylation is 1. The van der Waals surface area contributed by atoms with Crippen molar-refractivity contribution in [1.82, 2.24) is 15.0 Å². The topological polar surface area (TPSA) is 130 Å². The van der Waals surface area contributed by atoms with Gasteiger partial charge in [0.1, 0.15) is 5.75 Å². The molecule has 2 amide bonds. The Balaban J connectivity index is 1.30. The van der Waals surface area contributed by atoms with Crippen LogP contribution in [0.4, 0.5) is 11.4 Å². The van der Waals surface area contributed by atoms with E-state index >= 15 is 0 Å². The molecule has 0 radical (unpaired) electrons. The maximum atomic E-state index is 13.6. The molecule has 0 spiro atoms. The van der Waals surface area contributed by atoms with E-state index < -0.39 is 17.4 Å². The first kappa shape index (κ1) is 31.4. The number of hydrogen-bond acceptors (Lipinski definition) is 7. The molecule has 1 aromatic heterocycles. The predicted molar refractivity (Wildman–Crippen MR) is 172 cm³/mol. The summed E-state index contributed by atoms with van der Waals surface area (Å²) >= 11 is 0. The molecule has 10 heteroatoms. The van der Waals surface area contributed by atoms with Crippen molar-refractivity contribution in [2.45, 2.75) is 31.4 Å². The monoisotopic (exact) mass is 607 g/mol. The zero-order valence-electron chi connectivity index (χ0n) is 25.3. The normalized spacial score (nSPS) is 17.2. The second-order valence-electron chi connectivity index (χ2n) is 10.9. The van der Waals surface area contributed by atoms with E-state index in [0.717, 1.165) is 5.56 Å². The van der Waals surface area contributed by atoms with Crippen LogP contribution in [0.25, 0.3) is 0 Å². The van der Waals surface area contributed by atoms with E-state index in [1.54, 1.807) is 67.3 Å². The van der Waals surface area contributed by atoms with Gasteiger partial charge in [-0.05, 0) is 54.4 Å². The van der Waals surface area contributed by atoms with Crippen LogP contribution in [-0.2, 0) is 16.9 Å². The van der Waals surface area contributed by atoms with Gasteiger partial charge in [0.15, 0.2) is 5.60 Å². The third-order valence-corrected chi connectivity index (χ3v) is 8.10. The highest BCUT2D eigenvalue weighted by molar-refractivity contribution is 6.09. The summed E-state index contributed by atoms with van der Waals surface area (Å²) in [6.07, 6.45) is 7.74. The first-order chi connectivity index (χ1) is 21.8. The van der Waals surface area contributed by atoms with Gasteiger partial charge in [0, 0.05) is 42.0 Å². The number of carbonyl (C=O) groups excluding carboxylic acids is 2. The number of anilines is 2. The number of benzene rings is 3. The van der Waals surface area contributed by atoms with Crippen molar-refractivity contribution in [3.05, 3.63) is 126 Å². The van der Waals surface area contributed by atoms with Crippen molar-refractivity contribution in [3.63, 3.8) is 0 Å². The van der Waals surface area contributed by atoms with Gasteiger partial charge in [-0.25, -0.2) is 0 Å². The molecule has 1 aliphatic rings. The molecule has 232 valence electrons. The number of aromatic nitrogens is 3. The fourth-order valence-electron chi connectivity index (χ4n) is 5.56. The molecular formula is C35H37N5O5. The summed E-state index contributed by atoms with van der Waals surface area (Å²) in [4.78, 5) is 28.1. The van der Waals surface area contributed by atoms with Gasteiger partial charge in [-0.1, -0.05) is 60.7 Å². The van der Waals surface area contributed by atoms with E-state index in [4.69, 9.17) is 4.74 Å². The summed E-state index contributed by atoms with van der Waals surface area (Å²) in [5, 5.41) is 33.3. The van der Waals surface area contributed by atoms with E-state index in [2.05, 4.69) is 22.2 Å². The maximum Gasteiger partial charge on any atom is 0.264 e. The number of nitrogens with zero attached hydrogens (tertiary/aromatic N) is 4. The van der Waals surface area contributed by atoms with E-state index in [0.29, 0.717) is 46.9 Å². The average molecular weight is 608 g/mol. The lowest BCUT2D eigenvalue weighted by molar-refractivity contribution is -0.139. The smallest absolute Gasteiger partial charge is 0.264 e. The molecule has 3 aromatic carbocycles. The van der Waals surface area contributed by atoms with Gasteiger partial charge in [0.25, 0.3) is 11.8 Å². The lowest BCUT2D eigenvalue weighted by atomic mass is 9.82. The van der Waals surface area contributed by atoms with E-state index in [-0.39, 0.29) is 25.0 Å². The Labute approximate surface area is 262 Å². The molecule has 4 aromatic rings. The van der Waals surface area contributed by atoms with Gasteiger partial charge in [0.2, 0.25) is 0 Å². The number of aliphatic hydroxyl groups is 2. The molecule has 1 unspecified atom stereocenters. The lowest BCUT2D eigenvalue weighted by Gasteiger charge is -2.27. The Kier molecular flexibility index (Phi) is 9.56. The summed E-state index contributed by atoms with van der Waals surface area (Å²) in [6, 6.07) is 21.5. The third kappa shape index (κ3) is 6.43. The van der Waals surface area contributed by atoms with Crippen molar-refractivity contribution < 1.29 is 24.5 Å². The summed E-state index contributed by atoms with van der Waals surface area (Å²) in [5.74, 6) is -0.991. The van der Waals surface area contributed by atoms with Crippen molar-refractivity contribution in [2.24, 2.45) is 5.92 Å². The molecule has 0 aliphatic carbocycles. The molecule has 0 bridgehead atoms. The van der Waals surface area contributed by atoms with Crippen LogP contribution in [0.15, 0.2) is 104 Å². The largest absolute Gasteiger partial charge is 0.497 e. The molecule has 3 atom stereocenters. The van der Waals surface area contributed by atoms with Crippen LogP contribution in [0, 0.1) is 5.92 Å². The number of nitrogens with one attached hydrogen (secondary N) is 1. The lowest BCUT2D eigenvalue weighted by Crippen LogP contribution is -2.44. The number of allylic oxidation sites excluding steroid dienone is 1. The molecular weight excluding hydrogens is 570 g/mol. The van der Waals surface area contributed by atoms with Gasteiger partial charge in [-0.15, -0.1) is 11.7 Å². The summed E-state index contributed by atoms with van der Waals surface area (Å²) < 4.78 is 6.88. The minimum absolute atomic E-state index is 0.0794. The zero-order valence-corrected chi connectivity index (χ0v) is 25.3. The highest BCUT2D eigenvalue weighted by atomic mass is 16.5. The molecule has 45 heavy (non-hydrogen) atoms. The van der Waals surface area contributed by atoms with E-state index in [9.17, 15) is 19.8 Å². The minimum atomic E-state index is -1.85. The fourth-order valence-corrected chi connectivity index (χ4v) is 5.56. The van der Waals surface area contributed by atoms with Crippen LogP contribution in [0.1, 0.15) is 46.4 Å². The molecule has 3 N–H and O–H groups in total. The number of carbonyl (C=O) groups is 2. The predicted octanol–water partition coefficient (Wildman–Crippen LogP) is 4.67. The SMILES string of the molecule is C=CCN1C(=O)[C@@](O)([C@@H](C)/C=C/CCn2cc(C(CO)c3ccccc3)nn2)c2cc(NC(=O)c3ccc(OC)cc3)ccc21. The second-order valence-corrected chi connectivity index (χ2v) is 10.9. The summed E-state index contributed by atoms with van der Waals surface area (Å²) in [5.41, 5.74) is 1.67. The quantitative estimate of drug-likeness (QED) is 0.189. The number of ether oxygens (including phenoxy) is 1. The molecule has 5 rings (SSSR count). The van der Waals surface area contributed by atoms with Gasteiger partial charge in [0.05, 0.1) is 31.0 Å². The minimum Gasteiger partial charge on any atom is -0.497 e. The van der Waals surface area contributed by atoms with Crippen LogP contribution in [0.2, 0.25) is 0 Å². The standard InChI is InChI=1S/C35H37N5O5/c1-4-19-40-32-18-15-27(36-33(42)26-13-16-28(45-3)17-14-26)21-30(32)35(44,34(40)43)24(2)10-8-9-20-39-22-31(37-38-39)29(23-41)25-11-6-5-7-12-25/h4-8,10-18,21-22,24,29,41,44H,1,9,19-20,23H2,2-3H3,(H,36,42)/b10-8+/t24-,29?,35+/m0/s1. The molecule has 0 saturated heterocycles. The van der Waals surface area contributed by atoms with E-state index in [1.165, 1.54) is 4.90 Å². The Hall–Kier alpha value is -5.06. The van der Waals surface area contributed by atoms with Crippen molar-refractivity contribution in [2.75, 3.05) is 30.5 Å². The molecule has 10 nitrogen and oxygen atoms in total. The van der Waals surface area contributed by atoms with Crippen LogP contribution < -0.4 is 15.0 Å². The number of rotatable bonds is 13. The Morgan fingerprint density at radius 2 is 1.89 bits per heavy atom. The molecule has 0 saturated carbocycles. The average Bonchev–Trinajstić information content (AvgIpc) is 3.61. The highest BCUT2D eigenvalue weighted by Crippen LogP contribution is 2.46.